The molecule has 1 amide bonds. The van der Waals surface area contributed by atoms with Gasteiger partial charge in [0.2, 0.25) is 5.91 Å². The fraction of sp³-hybridized carbons (Fsp3) is 0.875. The van der Waals surface area contributed by atoms with Gasteiger partial charge in [0.1, 0.15) is 24.4 Å². The lowest BCUT2D eigenvalue weighted by Crippen LogP contribution is -2.63. The van der Waals surface area contributed by atoms with Gasteiger partial charge in [0.05, 0.1) is 6.61 Å². The van der Waals surface area contributed by atoms with Crippen LogP contribution in [-0.2, 0) is 9.53 Å². The highest BCUT2D eigenvalue weighted by atomic mass is 16.6. The number of aliphatic hydroxyl groups is 4. The number of rotatable bonds is 2. The van der Waals surface area contributed by atoms with E-state index >= 15 is 0 Å². The molecule has 0 aliphatic carbocycles. The Kier molecular flexibility index (Phi) is 4.00. The van der Waals surface area contributed by atoms with Gasteiger partial charge < -0.3 is 30.5 Å². The van der Waals surface area contributed by atoms with E-state index in [0.717, 1.165) is 0 Å². The minimum Gasteiger partial charge on any atom is -0.394 e. The van der Waals surface area contributed by atoms with Gasteiger partial charge in [-0.05, 0) is 0 Å². The third kappa shape index (κ3) is 2.64. The maximum Gasteiger partial charge on any atom is 0.217 e. The van der Waals surface area contributed by atoms with Crippen molar-refractivity contribution in [3.05, 3.63) is 0 Å². The van der Waals surface area contributed by atoms with Crippen molar-refractivity contribution in [2.45, 2.75) is 37.6 Å². The van der Waals surface area contributed by atoms with Crippen molar-refractivity contribution in [1.29, 1.82) is 0 Å². The van der Waals surface area contributed by atoms with E-state index in [0.29, 0.717) is 0 Å². The Morgan fingerprint density at radius 1 is 1.33 bits per heavy atom. The molecule has 1 aliphatic rings. The summed E-state index contributed by atoms with van der Waals surface area (Å²) in [7, 11) is 0. The highest BCUT2D eigenvalue weighted by molar-refractivity contribution is 5.73. The van der Waals surface area contributed by atoms with Crippen LogP contribution in [0.3, 0.4) is 0 Å². The first kappa shape index (κ1) is 12.3. The Morgan fingerprint density at radius 2 is 1.93 bits per heavy atom. The van der Waals surface area contributed by atoms with Crippen molar-refractivity contribution in [2.75, 3.05) is 6.61 Å². The smallest absolute Gasteiger partial charge is 0.217 e. The first-order valence-corrected chi connectivity index (χ1v) is 4.55. The molecular formula is C8H15NO6. The summed E-state index contributed by atoms with van der Waals surface area (Å²) in [5, 5.41) is 39.4. The van der Waals surface area contributed by atoms with Crippen LogP contribution in [0.25, 0.3) is 0 Å². The topological polar surface area (TPSA) is 119 Å². The number of hydrogen-bond donors (Lipinski definition) is 5. The van der Waals surface area contributed by atoms with Gasteiger partial charge in [-0.3, -0.25) is 4.79 Å². The largest absolute Gasteiger partial charge is 0.394 e. The van der Waals surface area contributed by atoms with Crippen molar-refractivity contribution in [1.82, 2.24) is 5.32 Å². The number of ether oxygens (including phenoxy) is 1. The Hall–Kier alpha value is -0.730. The molecule has 0 aromatic rings. The number of carbonyl (C=O) groups is 1. The molecule has 5 N–H and O–H groups in total. The van der Waals surface area contributed by atoms with Crippen LogP contribution in [0.1, 0.15) is 6.92 Å². The standard InChI is InChI=1S/C8H15NO6/c1-3(11)9-5-7(13)6(12)4(2-10)15-8(5)14/h4-8,10,12-14H,2H2,1H3,(H,9,11)/t4?,5-,6?,7?,8-/m0/s1. The van der Waals surface area contributed by atoms with Gasteiger partial charge >= 0.3 is 0 Å². The molecule has 0 radical (unpaired) electrons. The van der Waals surface area contributed by atoms with Crippen LogP contribution in [0.15, 0.2) is 0 Å². The van der Waals surface area contributed by atoms with E-state index in [9.17, 15) is 20.1 Å². The zero-order chi connectivity index (χ0) is 11.6. The SMILES string of the molecule is CC(=O)N[C@H]1C(O)C(O)C(CO)O[C@@H]1O. The molecule has 1 aliphatic heterocycles. The molecule has 0 aromatic heterocycles. The summed E-state index contributed by atoms with van der Waals surface area (Å²) in [6, 6.07) is -1.10. The molecule has 1 fully saturated rings. The first-order chi connectivity index (χ1) is 6.97. The third-order valence-electron chi connectivity index (χ3n) is 2.27. The number of hydrogen-bond acceptors (Lipinski definition) is 6. The van der Waals surface area contributed by atoms with Crippen molar-refractivity contribution in [2.24, 2.45) is 0 Å². The van der Waals surface area contributed by atoms with Gasteiger partial charge in [0.25, 0.3) is 0 Å². The predicted octanol–water partition coefficient (Wildman–Crippen LogP) is -3.08. The van der Waals surface area contributed by atoms with Crippen LogP contribution in [0, 0.1) is 0 Å². The molecular weight excluding hydrogens is 206 g/mol. The zero-order valence-electron chi connectivity index (χ0n) is 8.20. The van der Waals surface area contributed by atoms with Crippen LogP contribution in [0.2, 0.25) is 0 Å². The molecule has 88 valence electrons. The summed E-state index contributed by atoms with van der Waals surface area (Å²) in [5.41, 5.74) is 0. The second kappa shape index (κ2) is 4.86. The highest BCUT2D eigenvalue weighted by Crippen LogP contribution is 2.19. The van der Waals surface area contributed by atoms with Crippen molar-refractivity contribution < 1.29 is 30.0 Å². The van der Waals surface area contributed by atoms with E-state index in [1.54, 1.807) is 0 Å². The summed E-state index contributed by atoms with van der Waals surface area (Å²) >= 11 is 0. The van der Waals surface area contributed by atoms with Crippen LogP contribution >= 0.6 is 0 Å². The van der Waals surface area contributed by atoms with Crippen LogP contribution in [0.4, 0.5) is 0 Å². The second-order valence-corrected chi connectivity index (χ2v) is 3.46. The summed E-state index contributed by atoms with van der Waals surface area (Å²) in [5.74, 6) is -0.462. The number of nitrogens with one attached hydrogen (secondary N) is 1. The fourth-order valence-electron chi connectivity index (χ4n) is 1.49. The second-order valence-electron chi connectivity index (χ2n) is 3.46. The highest BCUT2D eigenvalue weighted by Gasteiger charge is 2.43. The molecule has 0 bridgehead atoms. The van der Waals surface area contributed by atoms with Crippen molar-refractivity contribution >= 4 is 5.91 Å². The van der Waals surface area contributed by atoms with E-state index < -0.39 is 43.2 Å². The molecule has 15 heavy (non-hydrogen) atoms. The molecule has 0 saturated carbocycles. The lowest BCUT2D eigenvalue weighted by molar-refractivity contribution is -0.253. The summed E-state index contributed by atoms with van der Waals surface area (Å²) in [6.07, 6.45) is -5.24. The van der Waals surface area contributed by atoms with Gasteiger partial charge in [-0.15, -0.1) is 0 Å². The maximum absolute atomic E-state index is 10.7. The number of aliphatic hydroxyl groups excluding tert-OH is 4. The molecule has 3 unspecified atom stereocenters. The van der Waals surface area contributed by atoms with E-state index in [4.69, 9.17) is 9.84 Å². The minimum absolute atomic E-state index is 0.462. The van der Waals surface area contributed by atoms with Gasteiger partial charge in [0, 0.05) is 6.92 Å². The molecule has 1 rings (SSSR count). The average molecular weight is 221 g/mol. The third-order valence-corrected chi connectivity index (χ3v) is 2.27. The van der Waals surface area contributed by atoms with Crippen LogP contribution < -0.4 is 5.32 Å². The van der Waals surface area contributed by atoms with Crippen molar-refractivity contribution in [3.63, 3.8) is 0 Å². The zero-order valence-corrected chi connectivity index (χ0v) is 8.20. The van der Waals surface area contributed by atoms with E-state index in [-0.39, 0.29) is 0 Å². The van der Waals surface area contributed by atoms with E-state index in [1.165, 1.54) is 6.92 Å². The van der Waals surface area contributed by atoms with Crippen LogP contribution in [-0.4, -0.2) is 63.6 Å². The van der Waals surface area contributed by atoms with Gasteiger partial charge in [-0.2, -0.15) is 0 Å². The molecule has 1 heterocycles. The van der Waals surface area contributed by atoms with Gasteiger partial charge in [0.15, 0.2) is 6.29 Å². The molecule has 0 spiro atoms. The first-order valence-electron chi connectivity index (χ1n) is 4.55. The Balaban J connectivity index is 2.70. The minimum atomic E-state index is -1.45. The van der Waals surface area contributed by atoms with Gasteiger partial charge in [-0.1, -0.05) is 0 Å². The Morgan fingerprint density at radius 3 is 2.40 bits per heavy atom. The lowest BCUT2D eigenvalue weighted by atomic mass is 9.97. The summed E-state index contributed by atoms with van der Waals surface area (Å²) < 4.78 is 4.81. The average Bonchev–Trinajstić information content (AvgIpc) is 2.18. The number of carbonyl (C=O) groups excluding carboxylic acids is 1. The monoisotopic (exact) mass is 221 g/mol. The maximum atomic E-state index is 10.7. The van der Waals surface area contributed by atoms with Crippen LogP contribution in [0.5, 0.6) is 0 Å². The molecule has 1 saturated heterocycles. The Bertz CT molecular complexity index is 235. The molecule has 7 heteroatoms. The molecule has 7 nitrogen and oxygen atoms in total. The van der Waals surface area contributed by atoms with E-state index in [2.05, 4.69) is 5.32 Å². The summed E-state index contributed by atoms with van der Waals surface area (Å²) in [4.78, 5) is 10.7. The van der Waals surface area contributed by atoms with Gasteiger partial charge in [-0.25, -0.2) is 0 Å². The fourth-order valence-corrected chi connectivity index (χ4v) is 1.49. The Labute approximate surface area is 86.3 Å². The normalized spacial score (nSPS) is 41.3. The molecule has 0 aromatic carbocycles. The predicted molar refractivity (Wildman–Crippen MR) is 47.6 cm³/mol. The quantitative estimate of drug-likeness (QED) is 0.337. The molecule has 5 atom stereocenters. The van der Waals surface area contributed by atoms with E-state index in [1.807, 2.05) is 0 Å². The number of amides is 1. The van der Waals surface area contributed by atoms with Crippen molar-refractivity contribution in [3.8, 4) is 0 Å². The summed E-state index contributed by atoms with van der Waals surface area (Å²) in [6.45, 7) is 0.687. The lowest BCUT2D eigenvalue weighted by Gasteiger charge is -2.40.